The van der Waals surface area contributed by atoms with E-state index in [9.17, 15) is 17.6 Å². The molecule has 0 bridgehead atoms. The van der Waals surface area contributed by atoms with Crippen LogP contribution in [0.15, 0.2) is 42.5 Å². The Balaban J connectivity index is 1.49. The van der Waals surface area contributed by atoms with Gasteiger partial charge in [0.2, 0.25) is 0 Å². The molecule has 0 aromatic heterocycles. The summed E-state index contributed by atoms with van der Waals surface area (Å²) in [6.07, 6.45) is 11.1. The number of halogens is 4. The van der Waals surface area contributed by atoms with Gasteiger partial charge in [0.1, 0.15) is 11.6 Å². The molecule has 31 heavy (non-hydrogen) atoms. The first kappa shape index (κ1) is 21.7. The van der Waals surface area contributed by atoms with Crippen LogP contribution < -0.4 is 0 Å². The second-order valence-electron chi connectivity index (χ2n) is 8.87. The molecule has 0 aliphatic heterocycles. The number of benzene rings is 2. The van der Waals surface area contributed by atoms with Crippen LogP contribution in [0.5, 0.6) is 0 Å². The number of hydrogen-bond donors (Lipinski definition) is 0. The third-order valence-electron chi connectivity index (χ3n) is 6.91. The molecule has 2 fully saturated rings. The molecule has 2 saturated carbocycles. The minimum absolute atomic E-state index is 0.161. The van der Waals surface area contributed by atoms with Crippen molar-refractivity contribution in [1.82, 2.24) is 0 Å². The van der Waals surface area contributed by atoms with E-state index in [1.807, 2.05) is 0 Å². The highest BCUT2D eigenvalue weighted by Crippen LogP contribution is 2.48. The zero-order chi connectivity index (χ0) is 22.0. The number of hydrogen-bond acceptors (Lipinski definition) is 0. The molecule has 2 aromatic rings. The lowest BCUT2D eigenvalue weighted by atomic mass is 9.64. The molecule has 2 aliphatic carbocycles. The molecule has 2 aromatic carbocycles. The zero-order valence-electron chi connectivity index (χ0n) is 17.6. The maximum absolute atomic E-state index is 14.7. The van der Waals surface area contributed by atoms with Gasteiger partial charge < -0.3 is 0 Å². The normalized spacial score (nSPS) is 25.7. The SMILES string of the molecule is C/C=C/C1CCC2CC(c3cc(F)c(C#Cc4ccc(F)c(F)c4)c(F)c3)CCC2C1. The van der Waals surface area contributed by atoms with Crippen LogP contribution >= 0.6 is 0 Å². The van der Waals surface area contributed by atoms with Crippen molar-refractivity contribution in [2.75, 3.05) is 0 Å². The highest BCUT2D eigenvalue weighted by molar-refractivity contribution is 5.45. The van der Waals surface area contributed by atoms with Gasteiger partial charge in [-0.05, 0) is 105 Å². The summed E-state index contributed by atoms with van der Waals surface area (Å²) < 4.78 is 55.7. The van der Waals surface area contributed by atoms with E-state index in [-0.39, 0.29) is 17.0 Å². The Labute approximate surface area is 181 Å². The molecule has 0 spiro atoms. The number of rotatable bonds is 2. The van der Waals surface area contributed by atoms with E-state index in [4.69, 9.17) is 0 Å². The van der Waals surface area contributed by atoms with E-state index < -0.39 is 23.3 Å². The summed E-state index contributed by atoms with van der Waals surface area (Å²) in [5.74, 6) is 3.69. The van der Waals surface area contributed by atoms with Crippen molar-refractivity contribution in [2.24, 2.45) is 17.8 Å². The fourth-order valence-electron chi connectivity index (χ4n) is 5.33. The minimum atomic E-state index is -1.04. The lowest BCUT2D eigenvalue weighted by Gasteiger charge is -2.41. The van der Waals surface area contributed by atoms with Crippen molar-refractivity contribution in [2.45, 2.75) is 51.4 Å². The summed E-state index contributed by atoms with van der Waals surface area (Å²) in [5.41, 5.74) is 0.519. The molecule has 4 heteroatoms. The van der Waals surface area contributed by atoms with Gasteiger partial charge in [-0.25, -0.2) is 17.6 Å². The van der Waals surface area contributed by atoms with Crippen LogP contribution in [0.2, 0.25) is 0 Å². The lowest BCUT2D eigenvalue weighted by Crippen LogP contribution is -2.30. The summed E-state index contributed by atoms with van der Waals surface area (Å²) in [4.78, 5) is 0. The Hall–Kier alpha value is -2.54. The van der Waals surface area contributed by atoms with Crippen LogP contribution in [-0.2, 0) is 0 Å². The molecule has 4 rings (SSSR count). The fourth-order valence-corrected chi connectivity index (χ4v) is 5.33. The quantitative estimate of drug-likeness (QED) is 0.265. The molecular formula is C27H26F4. The van der Waals surface area contributed by atoms with Crippen LogP contribution in [0.3, 0.4) is 0 Å². The first-order chi connectivity index (χ1) is 14.9. The Kier molecular flexibility index (Phi) is 6.51. The van der Waals surface area contributed by atoms with Gasteiger partial charge in [0.05, 0.1) is 5.56 Å². The van der Waals surface area contributed by atoms with Gasteiger partial charge in [-0.2, -0.15) is 0 Å². The summed E-state index contributed by atoms with van der Waals surface area (Å²) in [6, 6.07) is 5.93. The first-order valence-electron chi connectivity index (χ1n) is 11.0. The third kappa shape index (κ3) is 4.87. The Bertz CT molecular complexity index is 1020. The Morgan fingerprint density at radius 3 is 2.19 bits per heavy atom. The van der Waals surface area contributed by atoms with E-state index in [0.717, 1.165) is 31.4 Å². The van der Waals surface area contributed by atoms with Gasteiger partial charge in [-0.1, -0.05) is 24.0 Å². The molecule has 2 aliphatic rings. The zero-order valence-corrected chi connectivity index (χ0v) is 17.6. The largest absolute Gasteiger partial charge is 0.206 e. The van der Waals surface area contributed by atoms with Gasteiger partial charge in [0.25, 0.3) is 0 Å². The topological polar surface area (TPSA) is 0 Å². The summed E-state index contributed by atoms with van der Waals surface area (Å²) in [6.45, 7) is 2.07. The molecule has 162 valence electrons. The van der Waals surface area contributed by atoms with Gasteiger partial charge in [-0.15, -0.1) is 0 Å². The Morgan fingerprint density at radius 2 is 1.48 bits per heavy atom. The molecule has 0 amide bonds. The van der Waals surface area contributed by atoms with E-state index >= 15 is 0 Å². The smallest absolute Gasteiger partial charge is 0.160 e. The van der Waals surface area contributed by atoms with E-state index in [1.54, 1.807) is 0 Å². The molecule has 0 nitrogen and oxygen atoms in total. The van der Waals surface area contributed by atoms with Crippen LogP contribution in [0.4, 0.5) is 17.6 Å². The average Bonchev–Trinajstić information content (AvgIpc) is 2.75. The van der Waals surface area contributed by atoms with Gasteiger partial charge in [-0.3, -0.25) is 0 Å². The van der Waals surface area contributed by atoms with Gasteiger partial charge in [0.15, 0.2) is 11.6 Å². The first-order valence-corrected chi connectivity index (χ1v) is 11.0. The summed E-state index contributed by atoms with van der Waals surface area (Å²) in [5, 5.41) is 0. The second kappa shape index (κ2) is 9.30. The van der Waals surface area contributed by atoms with Crippen molar-refractivity contribution in [3.63, 3.8) is 0 Å². The van der Waals surface area contributed by atoms with Crippen LogP contribution in [0, 0.1) is 52.9 Å². The van der Waals surface area contributed by atoms with Crippen LogP contribution in [0.25, 0.3) is 0 Å². The summed E-state index contributed by atoms with van der Waals surface area (Å²) in [7, 11) is 0. The predicted molar refractivity (Wildman–Crippen MR) is 114 cm³/mol. The number of fused-ring (bicyclic) bond motifs is 1. The fraction of sp³-hybridized carbons (Fsp3) is 0.407. The molecule has 0 radical (unpaired) electrons. The Morgan fingerprint density at radius 1 is 0.774 bits per heavy atom. The van der Waals surface area contributed by atoms with E-state index in [1.165, 1.54) is 37.5 Å². The van der Waals surface area contributed by atoms with Crippen molar-refractivity contribution in [1.29, 1.82) is 0 Å². The average molecular weight is 426 g/mol. The molecule has 0 N–H and O–H groups in total. The minimum Gasteiger partial charge on any atom is -0.206 e. The third-order valence-corrected chi connectivity index (χ3v) is 6.91. The van der Waals surface area contributed by atoms with E-state index in [0.29, 0.717) is 23.3 Å². The predicted octanol–water partition coefficient (Wildman–Crippen LogP) is 7.52. The highest BCUT2D eigenvalue weighted by Gasteiger charge is 2.35. The van der Waals surface area contributed by atoms with Gasteiger partial charge >= 0.3 is 0 Å². The van der Waals surface area contributed by atoms with Crippen molar-refractivity contribution >= 4 is 0 Å². The molecular weight excluding hydrogens is 400 g/mol. The second-order valence-corrected chi connectivity index (χ2v) is 8.87. The van der Waals surface area contributed by atoms with Crippen molar-refractivity contribution in [3.8, 4) is 11.8 Å². The van der Waals surface area contributed by atoms with Gasteiger partial charge in [0, 0.05) is 5.56 Å². The maximum Gasteiger partial charge on any atom is 0.160 e. The molecule has 0 heterocycles. The monoisotopic (exact) mass is 426 g/mol. The molecule has 4 unspecified atom stereocenters. The standard InChI is InChI=1S/C27H26F4/c1-2-3-17-4-7-20-14-21(9-8-19(20)12-17)22-15-25(29)23(26(30)16-22)10-5-18-6-11-24(28)27(31)13-18/h2-3,6,11,13,15-17,19-21H,4,7-9,12,14H2,1H3/b3-2+. The van der Waals surface area contributed by atoms with Crippen LogP contribution in [0.1, 0.15) is 68.1 Å². The summed E-state index contributed by atoms with van der Waals surface area (Å²) >= 11 is 0. The molecule has 0 saturated heterocycles. The van der Waals surface area contributed by atoms with Crippen molar-refractivity contribution in [3.05, 3.63) is 82.4 Å². The number of allylic oxidation sites excluding steroid dienone is 2. The lowest BCUT2D eigenvalue weighted by molar-refractivity contribution is 0.133. The van der Waals surface area contributed by atoms with Crippen LogP contribution in [-0.4, -0.2) is 0 Å². The highest BCUT2D eigenvalue weighted by atomic mass is 19.2. The van der Waals surface area contributed by atoms with Crippen molar-refractivity contribution < 1.29 is 17.6 Å². The maximum atomic E-state index is 14.7. The van der Waals surface area contributed by atoms with E-state index in [2.05, 4.69) is 30.9 Å². The molecule has 4 atom stereocenters.